The van der Waals surface area contributed by atoms with Gasteiger partial charge in [-0.2, -0.15) is 0 Å². The van der Waals surface area contributed by atoms with Crippen LogP contribution < -0.4 is 0 Å². The van der Waals surface area contributed by atoms with Gasteiger partial charge in [0.1, 0.15) is 9.49 Å². The second kappa shape index (κ2) is 7.29. The van der Waals surface area contributed by atoms with E-state index in [0.717, 1.165) is 0 Å². The van der Waals surface area contributed by atoms with Gasteiger partial charge in [-0.1, -0.05) is 47.5 Å². The lowest BCUT2D eigenvalue weighted by atomic mass is 9.84. The van der Waals surface area contributed by atoms with Crippen molar-refractivity contribution in [3.63, 3.8) is 0 Å². The molecule has 2 aromatic rings. The van der Waals surface area contributed by atoms with Crippen molar-refractivity contribution in [3.05, 3.63) is 69.7 Å². The van der Waals surface area contributed by atoms with Crippen molar-refractivity contribution in [2.24, 2.45) is 0 Å². The van der Waals surface area contributed by atoms with E-state index >= 15 is 0 Å². The maximum absolute atomic E-state index is 14.0. The van der Waals surface area contributed by atoms with Crippen LogP contribution in [-0.4, -0.2) is 30.0 Å². The number of rotatable bonds is 3. The predicted octanol–water partition coefficient (Wildman–Crippen LogP) is 5.39. The molecule has 0 radical (unpaired) electrons. The lowest BCUT2D eigenvalue weighted by Gasteiger charge is -2.54. The molecule has 1 aliphatic rings. The second-order valence-electron chi connectivity index (χ2n) is 8.39. The van der Waals surface area contributed by atoms with E-state index in [2.05, 4.69) is 0 Å². The average molecular weight is 454 g/mol. The molecule has 156 valence electrons. The van der Waals surface area contributed by atoms with Gasteiger partial charge in [0.25, 0.3) is 0 Å². The van der Waals surface area contributed by atoms with E-state index in [0.29, 0.717) is 21.2 Å². The lowest BCUT2D eigenvalue weighted by molar-refractivity contribution is -0.140. The topological polar surface area (TPSA) is 54.5 Å². The molecular weight excluding hydrogens is 429 g/mol. The maximum Gasteiger partial charge on any atom is 0.244 e. The first-order chi connectivity index (χ1) is 13.4. The number of sulfone groups is 1. The molecule has 0 spiro atoms. The van der Waals surface area contributed by atoms with Crippen molar-refractivity contribution in [2.45, 2.75) is 56.2 Å². The molecule has 7 heteroatoms. The van der Waals surface area contributed by atoms with Gasteiger partial charge in [0.05, 0.1) is 6.04 Å². The molecule has 2 aromatic carbocycles. The Morgan fingerprint density at radius 1 is 0.966 bits per heavy atom. The smallest absolute Gasteiger partial charge is 0.244 e. The summed E-state index contributed by atoms with van der Waals surface area (Å²) < 4.78 is 25.0. The van der Waals surface area contributed by atoms with Crippen LogP contribution >= 0.6 is 23.2 Å². The molecule has 1 aliphatic heterocycles. The van der Waals surface area contributed by atoms with Crippen LogP contribution in [0.5, 0.6) is 0 Å². The van der Waals surface area contributed by atoms with Crippen LogP contribution in [-0.2, 0) is 19.4 Å². The zero-order chi connectivity index (χ0) is 21.8. The predicted molar refractivity (Wildman–Crippen MR) is 118 cm³/mol. The lowest BCUT2D eigenvalue weighted by Crippen LogP contribution is -2.67. The minimum Gasteiger partial charge on any atom is -0.330 e. The molecule has 1 saturated heterocycles. The Hall–Kier alpha value is -1.56. The second-order valence-corrected chi connectivity index (χ2v) is 12.1. The van der Waals surface area contributed by atoms with Crippen LogP contribution in [0.4, 0.5) is 0 Å². The minimum atomic E-state index is -3.98. The van der Waals surface area contributed by atoms with E-state index in [1.54, 1.807) is 60.4 Å². The molecule has 29 heavy (non-hydrogen) atoms. The van der Waals surface area contributed by atoms with E-state index < -0.39 is 31.3 Å². The van der Waals surface area contributed by atoms with Crippen LogP contribution in [0.1, 0.15) is 51.8 Å². The molecule has 4 nitrogen and oxygen atoms in total. The van der Waals surface area contributed by atoms with Crippen molar-refractivity contribution >= 4 is 38.9 Å². The van der Waals surface area contributed by atoms with Gasteiger partial charge in [-0.3, -0.25) is 4.79 Å². The third-order valence-electron chi connectivity index (χ3n) is 5.92. The number of amides is 1. The molecule has 1 heterocycles. The van der Waals surface area contributed by atoms with Gasteiger partial charge >= 0.3 is 0 Å². The quantitative estimate of drug-likeness (QED) is 0.625. The number of carbonyl (C=O) groups is 1. The summed E-state index contributed by atoms with van der Waals surface area (Å²) in [5, 5.41) is 0.985. The van der Waals surface area contributed by atoms with Gasteiger partial charge in [-0.25, -0.2) is 8.42 Å². The van der Waals surface area contributed by atoms with Crippen molar-refractivity contribution in [3.8, 4) is 0 Å². The largest absolute Gasteiger partial charge is 0.330 e. The zero-order valence-corrected chi connectivity index (χ0v) is 19.4. The Labute approximate surface area is 182 Å². The molecule has 1 fully saturated rings. The van der Waals surface area contributed by atoms with Crippen LogP contribution in [0.15, 0.2) is 48.5 Å². The SMILES string of the molecule is CC(C)N1C(=O)C(C)(C)S(=O)(=O)[C@](C)(c2cccc(Cl)c2)[C@H]1c1ccc(Cl)cc1. The highest BCUT2D eigenvalue weighted by molar-refractivity contribution is 7.94. The van der Waals surface area contributed by atoms with Crippen molar-refractivity contribution in [1.29, 1.82) is 0 Å². The molecule has 0 saturated carbocycles. The zero-order valence-electron chi connectivity index (χ0n) is 17.1. The average Bonchev–Trinajstić information content (AvgIpc) is 2.64. The normalized spacial score (nSPS) is 26.0. The number of carbonyl (C=O) groups excluding carboxylic acids is 1. The minimum absolute atomic E-state index is 0.212. The first-order valence-corrected chi connectivity index (χ1v) is 11.7. The third kappa shape index (κ3) is 3.18. The number of hydrogen-bond acceptors (Lipinski definition) is 3. The van der Waals surface area contributed by atoms with Crippen molar-refractivity contribution in [1.82, 2.24) is 4.90 Å². The maximum atomic E-state index is 14.0. The van der Waals surface area contributed by atoms with Crippen molar-refractivity contribution in [2.75, 3.05) is 0 Å². The molecule has 0 N–H and O–H groups in total. The Kier molecular flexibility index (Phi) is 5.57. The first-order valence-electron chi connectivity index (χ1n) is 9.44. The summed E-state index contributed by atoms with van der Waals surface area (Å²) in [6, 6.07) is 12.9. The molecule has 3 rings (SSSR count). The fraction of sp³-hybridized carbons (Fsp3) is 0.409. The van der Waals surface area contributed by atoms with Gasteiger partial charge in [0.2, 0.25) is 5.91 Å². The Morgan fingerprint density at radius 2 is 1.55 bits per heavy atom. The summed E-state index contributed by atoms with van der Waals surface area (Å²) in [6.07, 6.45) is 0. The summed E-state index contributed by atoms with van der Waals surface area (Å²) in [5.41, 5.74) is 1.26. The summed E-state index contributed by atoms with van der Waals surface area (Å²) >= 11 is 12.3. The number of benzene rings is 2. The number of halogens is 2. The van der Waals surface area contributed by atoms with E-state index in [9.17, 15) is 13.2 Å². The Bertz CT molecular complexity index is 1050. The van der Waals surface area contributed by atoms with Crippen LogP contribution in [0, 0.1) is 0 Å². The van der Waals surface area contributed by atoms with Gasteiger partial charge < -0.3 is 4.90 Å². The molecule has 0 aromatic heterocycles. The summed E-state index contributed by atoms with van der Waals surface area (Å²) in [4.78, 5) is 15.1. The summed E-state index contributed by atoms with van der Waals surface area (Å²) in [7, 11) is -3.98. The van der Waals surface area contributed by atoms with Crippen LogP contribution in [0.25, 0.3) is 0 Å². The highest BCUT2D eigenvalue weighted by Gasteiger charge is 2.65. The standard InChI is InChI=1S/C22H25Cl2NO3S/c1-14(2)25-19(15-9-11-17(23)12-10-15)22(5,16-7-6-8-18(24)13-16)29(27,28)21(3,4)20(25)26/h6-14,19H,1-5H3/t19-,22-/m1/s1. The number of nitrogens with zero attached hydrogens (tertiary/aromatic N) is 1. The summed E-state index contributed by atoms with van der Waals surface area (Å²) in [6.45, 7) is 8.46. The fourth-order valence-corrected chi connectivity index (χ4v) is 6.94. The van der Waals surface area contributed by atoms with Gasteiger partial charge in [0, 0.05) is 16.1 Å². The van der Waals surface area contributed by atoms with Gasteiger partial charge in [-0.15, -0.1) is 0 Å². The molecule has 0 bridgehead atoms. The molecular formula is C22H25Cl2NO3S. The highest BCUT2D eigenvalue weighted by Crippen LogP contribution is 2.54. The Balaban J connectivity index is 2.43. The fourth-order valence-electron chi connectivity index (χ4n) is 4.25. The van der Waals surface area contributed by atoms with Crippen LogP contribution in [0.2, 0.25) is 10.0 Å². The van der Waals surface area contributed by atoms with Crippen molar-refractivity contribution < 1.29 is 13.2 Å². The van der Waals surface area contributed by atoms with Gasteiger partial charge in [0.15, 0.2) is 9.84 Å². The summed E-state index contributed by atoms with van der Waals surface area (Å²) in [5.74, 6) is -0.410. The molecule has 0 aliphatic carbocycles. The highest BCUT2D eigenvalue weighted by atomic mass is 35.5. The molecule has 1 amide bonds. The van der Waals surface area contributed by atoms with Crippen LogP contribution in [0.3, 0.4) is 0 Å². The molecule has 0 unspecified atom stereocenters. The van der Waals surface area contributed by atoms with E-state index in [-0.39, 0.29) is 6.04 Å². The monoisotopic (exact) mass is 453 g/mol. The number of hydrogen-bond donors (Lipinski definition) is 0. The third-order valence-corrected chi connectivity index (χ3v) is 9.50. The van der Waals surface area contributed by atoms with E-state index in [1.807, 2.05) is 13.8 Å². The first kappa shape index (κ1) is 22.1. The molecule has 2 atom stereocenters. The Morgan fingerprint density at radius 3 is 2.07 bits per heavy atom. The van der Waals surface area contributed by atoms with E-state index in [1.165, 1.54) is 13.8 Å². The van der Waals surface area contributed by atoms with Gasteiger partial charge in [-0.05, 0) is 70.0 Å². The van der Waals surface area contributed by atoms with E-state index in [4.69, 9.17) is 23.2 Å².